The van der Waals surface area contributed by atoms with E-state index in [4.69, 9.17) is 0 Å². The van der Waals surface area contributed by atoms with E-state index in [1.54, 1.807) is 0 Å². The summed E-state index contributed by atoms with van der Waals surface area (Å²) in [5.74, 6) is 2.93. The highest BCUT2D eigenvalue weighted by Gasteiger charge is 2.25. The fourth-order valence-corrected chi connectivity index (χ4v) is 5.45. The van der Waals surface area contributed by atoms with Crippen LogP contribution < -0.4 is 0 Å². The molecule has 5 heteroatoms. The summed E-state index contributed by atoms with van der Waals surface area (Å²) in [5, 5.41) is 0. The van der Waals surface area contributed by atoms with Crippen LogP contribution in [0.2, 0.25) is 0 Å². The number of aryl methyl sites for hydroxylation is 1. The van der Waals surface area contributed by atoms with Crippen molar-refractivity contribution in [3.63, 3.8) is 0 Å². The Morgan fingerprint density at radius 1 is 1.03 bits per heavy atom. The largest absolute Gasteiger partial charge is 0.345 e. The molecule has 2 fully saturated rings. The molecule has 5 nitrogen and oxygen atoms in total. The minimum absolute atomic E-state index is 0.382. The molecule has 0 bridgehead atoms. The number of likely N-dealkylation sites (tertiary alicyclic amines) is 2. The first-order valence-corrected chi connectivity index (χ1v) is 13.3. The standard InChI is InChI=1S/C28H42N4O/c1-2-3-9-27-29-21-26(30-27)22-31-16-12-23(13-17-31)10-11-28(33)32-18-14-25(15-19-32)20-24-7-5-4-6-8-24/h4-8,21,23,25H,2-3,9-20,22H2,1H3,(H,29,30). The van der Waals surface area contributed by atoms with E-state index >= 15 is 0 Å². The van der Waals surface area contributed by atoms with Crippen molar-refractivity contribution in [2.45, 2.75) is 77.7 Å². The Morgan fingerprint density at radius 2 is 1.76 bits per heavy atom. The first kappa shape index (κ1) is 24.0. The average molecular weight is 451 g/mol. The molecule has 1 N–H and O–H groups in total. The maximum absolute atomic E-state index is 12.8. The Hall–Kier alpha value is -2.14. The Kier molecular flexibility index (Phi) is 8.99. The number of nitrogens with one attached hydrogen (secondary N) is 1. The number of hydrogen-bond donors (Lipinski definition) is 1. The fourth-order valence-electron chi connectivity index (χ4n) is 5.45. The van der Waals surface area contributed by atoms with Crippen LogP contribution in [0.15, 0.2) is 36.5 Å². The number of aromatic nitrogens is 2. The smallest absolute Gasteiger partial charge is 0.222 e. The highest BCUT2D eigenvalue weighted by atomic mass is 16.2. The molecule has 2 saturated heterocycles. The monoisotopic (exact) mass is 450 g/mol. The van der Waals surface area contributed by atoms with Crippen LogP contribution in [-0.4, -0.2) is 51.9 Å². The van der Waals surface area contributed by atoms with Crippen molar-refractivity contribution in [3.05, 3.63) is 53.6 Å². The third-order valence-electron chi connectivity index (χ3n) is 7.65. The lowest BCUT2D eigenvalue weighted by molar-refractivity contribution is -0.133. The zero-order valence-electron chi connectivity index (χ0n) is 20.5. The predicted octanol–water partition coefficient (Wildman–Crippen LogP) is 5.23. The molecule has 0 atom stereocenters. The molecule has 4 rings (SSSR count). The van der Waals surface area contributed by atoms with Gasteiger partial charge in [0, 0.05) is 44.4 Å². The lowest BCUT2D eigenvalue weighted by atomic mass is 9.89. The molecule has 1 aromatic heterocycles. The van der Waals surface area contributed by atoms with E-state index in [1.807, 2.05) is 6.20 Å². The van der Waals surface area contributed by atoms with E-state index in [-0.39, 0.29) is 0 Å². The summed E-state index contributed by atoms with van der Waals surface area (Å²) >= 11 is 0. The highest BCUT2D eigenvalue weighted by molar-refractivity contribution is 5.76. The summed E-state index contributed by atoms with van der Waals surface area (Å²) in [6, 6.07) is 10.8. The topological polar surface area (TPSA) is 52.2 Å². The minimum atomic E-state index is 0.382. The molecule has 180 valence electrons. The van der Waals surface area contributed by atoms with E-state index in [2.05, 4.69) is 57.0 Å². The van der Waals surface area contributed by atoms with Gasteiger partial charge in [-0.05, 0) is 75.4 Å². The van der Waals surface area contributed by atoms with Crippen molar-refractivity contribution >= 4 is 5.91 Å². The number of carbonyl (C=O) groups is 1. The number of nitrogens with zero attached hydrogens (tertiary/aromatic N) is 3. The summed E-state index contributed by atoms with van der Waals surface area (Å²) in [5.41, 5.74) is 2.67. The summed E-state index contributed by atoms with van der Waals surface area (Å²) in [4.78, 5) is 25.5. The number of rotatable bonds is 10. The van der Waals surface area contributed by atoms with Gasteiger partial charge >= 0.3 is 0 Å². The van der Waals surface area contributed by atoms with Crippen LogP contribution >= 0.6 is 0 Å². The minimum Gasteiger partial charge on any atom is -0.345 e. The van der Waals surface area contributed by atoms with Crippen molar-refractivity contribution < 1.29 is 4.79 Å². The Labute approximate surface area is 200 Å². The number of hydrogen-bond acceptors (Lipinski definition) is 3. The zero-order valence-corrected chi connectivity index (χ0v) is 20.5. The van der Waals surface area contributed by atoms with Gasteiger partial charge in [0.15, 0.2) is 0 Å². The SMILES string of the molecule is CCCCc1ncc(CN2CCC(CCC(=O)N3CCC(Cc4ccccc4)CC3)CC2)[nH]1. The van der Waals surface area contributed by atoms with E-state index < -0.39 is 0 Å². The molecular formula is C28H42N4O. The number of amides is 1. The molecule has 3 heterocycles. The van der Waals surface area contributed by atoms with Crippen LogP contribution in [0.5, 0.6) is 0 Å². The van der Waals surface area contributed by atoms with Crippen LogP contribution in [0, 0.1) is 11.8 Å². The summed E-state index contributed by atoms with van der Waals surface area (Å²) in [6.07, 6.45) is 13.1. The number of benzene rings is 1. The van der Waals surface area contributed by atoms with Crippen molar-refractivity contribution in [1.82, 2.24) is 19.8 Å². The van der Waals surface area contributed by atoms with Gasteiger partial charge in [-0.2, -0.15) is 0 Å². The van der Waals surface area contributed by atoms with Gasteiger partial charge in [0.25, 0.3) is 0 Å². The molecule has 0 spiro atoms. The summed E-state index contributed by atoms with van der Waals surface area (Å²) in [6.45, 7) is 7.35. The van der Waals surface area contributed by atoms with Crippen LogP contribution in [0.3, 0.4) is 0 Å². The maximum atomic E-state index is 12.8. The predicted molar refractivity (Wildman–Crippen MR) is 134 cm³/mol. The lowest BCUT2D eigenvalue weighted by Gasteiger charge is -2.34. The first-order chi connectivity index (χ1) is 16.2. The molecular weight excluding hydrogens is 408 g/mol. The quantitative estimate of drug-likeness (QED) is 0.539. The number of H-pyrrole nitrogens is 1. The van der Waals surface area contributed by atoms with Crippen molar-refractivity contribution in [2.24, 2.45) is 11.8 Å². The second-order valence-electron chi connectivity index (χ2n) is 10.2. The van der Waals surface area contributed by atoms with Crippen LogP contribution in [0.25, 0.3) is 0 Å². The second-order valence-corrected chi connectivity index (χ2v) is 10.2. The van der Waals surface area contributed by atoms with Crippen molar-refractivity contribution in [1.29, 1.82) is 0 Å². The van der Waals surface area contributed by atoms with Crippen molar-refractivity contribution in [3.8, 4) is 0 Å². The molecule has 2 aliphatic heterocycles. The average Bonchev–Trinajstić information content (AvgIpc) is 3.30. The van der Waals surface area contributed by atoms with Gasteiger partial charge in [0.1, 0.15) is 5.82 Å². The van der Waals surface area contributed by atoms with Gasteiger partial charge in [-0.3, -0.25) is 9.69 Å². The Morgan fingerprint density at radius 3 is 2.48 bits per heavy atom. The van der Waals surface area contributed by atoms with E-state index in [0.29, 0.717) is 11.8 Å². The summed E-state index contributed by atoms with van der Waals surface area (Å²) < 4.78 is 0. The molecule has 0 unspecified atom stereocenters. The molecule has 0 aliphatic carbocycles. The van der Waals surface area contributed by atoms with E-state index in [9.17, 15) is 4.79 Å². The number of carbonyl (C=O) groups excluding carboxylic acids is 1. The van der Waals surface area contributed by atoms with E-state index in [0.717, 1.165) is 83.0 Å². The van der Waals surface area contributed by atoms with Crippen LogP contribution in [0.4, 0.5) is 0 Å². The highest BCUT2D eigenvalue weighted by Crippen LogP contribution is 2.25. The second kappa shape index (κ2) is 12.4. The molecule has 0 saturated carbocycles. The van der Waals surface area contributed by atoms with E-state index in [1.165, 1.54) is 36.9 Å². The zero-order chi connectivity index (χ0) is 22.9. The molecule has 1 aromatic carbocycles. The Bertz CT molecular complexity index is 833. The van der Waals surface area contributed by atoms with Gasteiger partial charge in [-0.1, -0.05) is 43.7 Å². The third kappa shape index (κ3) is 7.43. The molecule has 2 aliphatic rings. The van der Waals surface area contributed by atoms with Gasteiger partial charge in [0.2, 0.25) is 5.91 Å². The summed E-state index contributed by atoms with van der Waals surface area (Å²) in [7, 11) is 0. The molecule has 0 radical (unpaired) electrons. The normalized spacial score (nSPS) is 18.6. The van der Waals surface area contributed by atoms with Gasteiger partial charge < -0.3 is 9.88 Å². The molecule has 1 amide bonds. The van der Waals surface area contributed by atoms with Gasteiger partial charge in [0.05, 0.1) is 0 Å². The third-order valence-corrected chi connectivity index (χ3v) is 7.65. The lowest BCUT2D eigenvalue weighted by Crippen LogP contribution is -2.39. The number of imidazole rings is 1. The van der Waals surface area contributed by atoms with Gasteiger partial charge in [-0.15, -0.1) is 0 Å². The molecule has 2 aromatic rings. The fraction of sp³-hybridized carbons (Fsp3) is 0.643. The number of unbranched alkanes of at least 4 members (excludes halogenated alkanes) is 1. The number of piperidine rings is 2. The van der Waals surface area contributed by atoms with Crippen LogP contribution in [0.1, 0.15) is 75.4 Å². The van der Waals surface area contributed by atoms with Gasteiger partial charge in [-0.25, -0.2) is 4.98 Å². The Balaban J connectivity index is 1.10. The van der Waals surface area contributed by atoms with Crippen LogP contribution in [-0.2, 0) is 24.2 Å². The maximum Gasteiger partial charge on any atom is 0.222 e. The number of aromatic amines is 1. The first-order valence-electron chi connectivity index (χ1n) is 13.3. The molecule has 33 heavy (non-hydrogen) atoms. The van der Waals surface area contributed by atoms with Crippen molar-refractivity contribution in [2.75, 3.05) is 26.2 Å².